The minimum atomic E-state index is 0.0570. The number of aromatic amines is 2. The highest BCUT2D eigenvalue weighted by atomic mass is 32.1. The predicted molar refractivity (Wildman–Crippen MR) is 142 cm³/mol. The number of carbonyl (C=O) groups is 1. The molecule has 5 aromatic heterocycles. The number of nitrogens with zero attached hydrogens (tertiary/aromatic N) is 4. The van der Waals surface area contributed by atoms with Gasteiger partial charge in [-0.25, -0.2) is 9.97 Å². The summed E-state index contributed by atoms with van der Waals surface area (Å²) in [7, 11) is 0. The maximum absolute atomic E-state index is 12.2. The molecule has 0 unspecified atom stereocenters. The molecule has 0 atom stereocenters. The van der Waals surface area contributed by atoms with Crippen molar-refractivity contribution < 1.29 is 4.79 Å². The first-order chi connectivity index (χ1) is 17.6. The zero-order valence-electron chi connectivity index (χ0n) is 19.4. The first-order valence-corrected chi connectivity index (χ1v) is 12.6. The van der Waals surface area contributed by atoms with Crippen LogP contribution in [0.3, 0.4) is 0 Å². The van der Waals surface area contributed by atoms with E-state index < -0.39 is 0 Å². The third-order valence-electron chi connectivity index (χ3n) is 6.45. The number of pyridine rings is 2. The molecular formula is C27H21N7OS. The molecule has 1 fully saturated rings. The van der Waals surface area contributed by atoms with Crippen LogP contribution in [0.25, 0.3) is 55.2 Å². The quantitative estimate of drug-likeness (QED) is 0.276. The van der Waals surface area contributed by atoms with Gasteiger partial charge in [-0.15, -0.1) is 11.3 Å². The van der Waals surface area contributed by atoms with Gasteiger partial charge < -0.3 is 10.3 Å². The summed E-state index contributed by atoms with van der Waals surface area (Å²) in [5.41, 5.74) is 6.80. The molecule has 0 radical (unpaired) electrons. The molecule has 5 heterocycles. The number of hydrogen-bond acceptors (Lipinski definition) is 6. The molecule has 0 saturated heterocycles. The molecule has 0 spiro atoms. The predicted octanol–water partition coefficient (Wildman–Crippen LogP) is 5.95. The van der Waals surface area contributed by atoms with E-state index in [1.54, 1.807) is 29.9 Å². The topological polar surface area (TPSA) is 112 Å². The SMILES string of the molecule is Cc1ccc(-c2cccc3[nH]c(-c4[nH]nc5ncc(-c6cncc(NC(=O)C7CC7)c6)cc45)nc23)s1. The van der Waals surface area contributed by atoms with E-state index in [1.807, 2.05) is 24.3 Å². The molecule has 1 saturated carbocycles. The van der Waals surface area contributed by atoms with Crippen molar-refractivity contribution in [1.82, 2.24) is 30.1 Å². The van der Waals surface area contributed by atoms with Gasteiger partial charge in [0.2, 0.25) is 5.91 Å². The van der Waals surface area contributed by atoms with Gasteiger partial charge in [0.25, 0.3) is 0 Å². The average molecular weight is 492 g/mol. The normalized spacial score (nSPS) is 13.5. The van der Waals surface area contributed by atoms with Crippen LogP contribution in [0, 0.1) is 12.8 Å². The maximum atomic E-state index is 12.2. The summed E-state index contributed by atoms with van der Waals surface area (Å²) in [6.45, 7) is 2.11. The molecule has 176 valence electrons. The largest absolute Gasteiger partial charge is 0.337 e. The smallest absolute Gasteiger partial charge is 0.227 e. The van der Waals surface area contributed by atoms with E-state index in [1.165, 1.54) is 9.75 Å². The molecular weight excluding hydrogens is 470 g/mol. The van der Waals surface area contributed by atoms with E-state index in [0.717, 1.165) is 51.6 Å². The molecule has 8 nitrogen and oxygen atoms in total. The number of aromatic nitrogens is 6. The number of anilines is 1. The number of rotatable bonds is 5. The molecule has 1 amide bonds. The number of thiophene rings is 1. The van der Waals surface area contributed by atoms with Crippen LogP contribution in [0.2, 0.25) is 0 Å². The third-order valence-corrected chi connectivity index (χ3v) is 7.49. The minimum Gasteiger partial charge on any atom is -0.337 e. The fraction of sp³-hybridized carbons (Fsp3) is 0.148. The van der Waals surface area contributed by atoms with Crippen LogP contribution in [0.15, 0.2) is 61.1 Å². The molecule has 1 aliphatic carbocycles. The molecule has 0 aliphatic heterocycles. The zero-order valence-corrected chi connectivity index (χ0v) is 20.2. The fourth-order valence-electron chi connectivity index (χ4n) is 4.42. The van der Waals surface area contributed by atoms with Gasteiger partial charge in [0.15, 0.2) is 11.5 Å². The van der Waals surface area contributed by atoms with Gasteiger partial charge in [0.1, 0.15) is 5.69 Å². The first kappa shape index (κ1) is 21.0. The second-order valence-corrected chi connectivity index (χ2v) is 10.4. The summed E-state index contributed by atoms with van der Waals surface area (Å²) < 4.78 is 0. The second kappa shape index (κ2) is 8.10. The summed E-state index contributed by atoms with van der Waals surface area (Å²) in [5, 5.41) is 11.3. The zero-order chi connectivity index (χ0) is 24.2. The van der Waals surface area contributed by atoms with Crippen LogP contribution in [-0.2, 0) is 4.79 Å². The highest BCUT2D eigenvalue weighted by Gasteiger charge is 2.29. The van der Waals surface area contributed by atoms with Crippen LogP contribution in [0.4, 0.5) is 5.69 Å². The van der Waals surface area contributed by atoms with Crippen LogP contribution in [0.1, 0.15) is 17.7 Å². The number of imidazole rings is 1. The third kappa shape index (κ3) is 3.64. The minimum absolute atomic E-state index is 0.0570. The van der Waals surface area contributed by atoms with E-state index >= 15 is 0 Å². The molecule has 6 aromatic rings. The maximum Gasteiger partial charge on any atom is 0.227 e. The number of amides is 1. The Morgan fingerprint density at radius 2 is 1.97 bits per heavy atom. The lowest BCUT2D eigenvalue weighted by molar-refractivity contribution is -0.117. The summed E-state index contributed by atoms with van der Waals surface area (Å²) >= 11 is 1.76. The number of hydrogen-bond donors (Lipinski definition) is 3. The fourth-order valence-corrected chi connectivity index (χ4v) is 5.32. The molecule has 1 aliphatic rings. The van der Waals surface area contributed by atoms with Crippen molar-refractivity contribution in [3.05, 3.63) is 65.9 Å². The van der Waals surface area contributed by atoms with Crippen molar-refractivity contribution in [2.45, 2.75) is 19.8 Å². The second-order valence-electron chi connectivity index (χ2n) is 9.12. The number of fused-ring (bicyclic) bond motifs is 2. The van der Waals surface area contributed by atoms with Crippen molar-refractivity contribution in [3.8, 4) is 33.1 Å². The van der Waals surface area contributed by atoms with Crippen molar-refractivity contribution in [1.29, 1.82) is 0 Å². The van der Waals surface area contributed by atoms with Crippen LogP contribution < -0.4 is 5.32 Å². The lowest BCUT2D eigenvalue weighted by atomic mass is 10.1. The Bertz CT molecular complexity index is 1780. The van der Waals surface area contributed by atoms with Crippen molar-refractivity contribution in [2.24, 2.45) is 5.92 Å². The van der Waals surface area contributed by atoms with Gasteiger partial charge in [-0.3, -0.25) is 14.9 Å². The number of carbonyl (C=O) groups excluding carboxylic acids is 1. The first-order valence-electron chi connectivity index (χ1n) is 11.8. The summed E-state index contributed by atoms with van der Waals surface area (Å²) in [4.78, 5) is 31.9. The Morgan fingerprint density at radius 3 is 2.81 bits per heavy atom. The van der Waals surface area contributed by atoms with E-state index in [-0.39, 0.29) is 11.8 Å². The molecule has 9 heteroatoms. The summed E-state index contributed by atoms with van der Waals surface area (Å²) in [6, 6.07) is 14.4. The van der Waals surface area contributed by atoms with Crippen LogP contribution in [-0.4, -0.2) is 36.0 Å². The Kier molecular flexibility index (Phi) is 4.71. The average Bonchev–Trinajstić information content (AvgIpc) is 3.30. The lowest BCUT2D eigenvalue weighted by Gasteiger charge is -2.06. The standard InChI is InChI=1S/C27H21N7OS/c1-14-5-8-22(36-14)19-3-2-4-21-23(19)32-26(31-21)24-20-10-17(12-29-25(20)34-33-24)16-9-18(13-28-11-16)30-27(35)15-6-7-15/h2-5,8-13,15H,6-7H2,1H3,(H,30,35)(H,31,32)(H,29,33,34). The Morgan fingerprint density at radius 1 is 1.08 bits per heavy atom. The number of para-hydroxylation sites is 1. The van der Waals surface area contributed by atoms with Crippen molar-refractivity contribution in [3.63, 3.8) is 0 Å². The molecule has 1 aromatic carbocycles. The number of nitrogens with one attached hydrogen (secondary N) is 3. The number of aryl methyl sites for hydroxylation is 1. The van der Waals surface area contributed by atoms with Gasteiger partial charge >= 0.3 is 0 Å². The van der Waals surface area contributed by atoms with Crippen molar-refractivity contribution in [2.75, 3.05) is 5.32 Å². The van der Waals surface area contributed by atoms with Crippen LogP contribution in [0.5, 0.6) is 0 Å². The van der Waals surface area contributed by atoms with Crippen LogP contribution >= 0.6 is 11.3 Å². The Labute approximate surface area is 209 Å². The van der Waals surface area contributed by atoms with E-state index in [0.29, 0.717) is 17.2 Å². The van der Waals surface area contributed by atoms with Gasteiger partial charge in [0, 0.05) is 44.8 Å². The van der Waals surface area contributed by atoms with E-state index in [2.05, 4.69) is 55.6 Å². The summed E-state index contributed by atoms with van der Waals surface area (Å²) in [6.07, 6.45) is 7.12. The monoisotopic (exact) mass is 491 g/mol. The highest BCUT2D eigenvalue weighted by molar-refractivity contribution is 7.15. The highest BCUT2D eigenvalue weighted by Crippen LogP contribution is 2.35. The number of H-pyrrole nitrogens is 2. The Balaban J connectivity index is 1.28. The van der Waals surface area contributed by atoms with E-state index in [4.69, 9.17) is 4.98 Å². The van der Waals surface area contributed by atoms with Gasteiger partial charge in [-0.05, 0) is 50.1 Å². The Hall–Kier alpha value is -4.37. The van der Waals surface area contributed by atoms with Gasteiger partial charge in [-0.2, -0.15) is 5.10 Å². The molecule has 7 rings (SSSR count). The molecule has 36 heavy (non-hydrogen) atoms. The van der Waals surface area contributed by atoms with E-state index in [9.17, 15) is 4.79 Å². The summed E-state index contributed by atoms with van der Waals surface area (Å²) in [5.74, 6) is 0.894. The molecule has 3 N–H and O–H groups in total. The lowest BCUT2D eigenvalue weighted by Crippen LogP contribution is -2.13. The van der Waals surface area contributed by atoms with Gasteiger partial charge in [0.05, 0.1) is 28.3 Å². The number of benzene rings is 1. The van der Waals surface area contributed by atoms with Gasteiger partial charge in [-0.1, -0.05) is 12.1 Å². The van der Waals surface area contributed by atoms with Crippen molar-refractivity contribution >= 4 is 45.0 Å². The molecule has 0 bridgehead atoms.